The van der Waals surface area contributed by atoms with Gasteiger partial charge < -0.3 is 4.90 Å². The zero-order chi connectivity index (χ0) is 5.70. The summed E-state index contributed by atoms with van der Waals surface area (Å²) in [7, 11) is 2.14. The lowest BCUT2D eigenvalue weighted by molar-refractivity contribution is 0.229. The first kappa shape index (κ1) is 6.96. The van der Waals surface area contributed by atoms with Gasteiger partial charge in [-0.25, -0.2) is 0 Å². The minimum atomic E-state index is 1.32. The van der Waals surface area contributed by atoms with Gasteiger partial charge in [-0.3, -0.25) is 0 Å². The molecular formula is C6H15N. The molecule has 1 saturated heterocycles. The van der Waals surface area contributed by atoms with E-state index in [2.05, 4.69) is 11.9 Å². The standard InChI is InChI=1S/C4H9N.C2H6/c1-5-3-2-4-5;1-2/h2-4H2,1H3;1-2H3. The van der Waals surface area contributed by atoms with Crippen molar-refractivity contribution in [2.24, 2.45) is 0 Å². The molecule has 0 bridgehead atoms. The van der Waals surface area contributed by atoms with Crippen LogP contribution in [-0.4, -0.2) is 25.0 Å². The van der Waals surface area contributed by atoms with Gasteiger partial charge in [-0.1, -0.05) is 13.8 Å². The third-order valence-electron chi connectivity index (χ3n) is 1.08. The molecule has 1 fully saturated rings. The van der Waals surface area contributed by atoms with Gasteiger partial charge in [0.15, 0.2) is 0 Å². The van der Waals surface area contributed by atoms with Crippen molar-refractivity contribution in [3.63, 3.8) is 0 Å². The monoisotopic (exact) mass is 101 g/mol. The van der Waals surface area contributed by atoms with Crippen LogP contribution >= 0.6 is 0 Å². The van der Waals surface area contributed by atoms with Gasteiger partial charge in [-0.2, -0.15) is 0 Å². The van der Waals surface area contributed by atoms with Crippen molar-refractivity contribution >= 4 is 0 Å². The molecule has 0 radical (unpaired) electrons. The van der Waals surface area contributed by atoms with Gasteiger partial charge in [0, 0.05) is 0 Å². The van der Waals surface area contributed by atoms with Crippen LogP contribution in [0, 0.1) is 0 Å². The van der Waals surface area contributed by atoms with E-state index in [-0.39, 0.29) is 0 Å². The number of likely N-dealkylation sites (tertiary alicyclic amines) is 1. The van der Waals surface area contributed by atoms with E-state index in [0.29, 0.717) is 0 Å². The first-order valence-corrected chi connectivity index (χ1v) is 3.08. The van der Waals surface area contributed by atoms with Crippen molar-refractivity contribution in [1.29, 1.82) is 0 Å². The van der Waals surface area contributed by atoms with Crippen molar-refractivity contribution in [1.82, 2.24) is 4.90 Å². The molecule has 1 rings (SSSR count). The highest BCUT2D eigenvalue weighted by atomic mass is 15.1. The van der Waals surface area contributed by atoms with Crippen LogP contribution in [0.3, 0.4) is 0 Å². The Hall–Kier alpha value is -0.0400. The maximum atomic E-state index is 2.31. The molecule has 0 aromatic heterocycles. The van der Waals surface area contributed by atoms with Gasteiger partial charge in [0.1, 0.15) is 0 Å². The van der Waals surface area contributed by atoms with E-state index in [4.69, 9.17) is 0 Å². The molecule has 7 heavy (non-hydrogen) atoms. The number of rotatable bonds is 0. The highest BCUT2D eigenvalue weighted by Crippen LogP contribution is 1.98. The Morgan fingerprint density at radius 1 is 1.14 bits per heavy atom. The maximum Gasteiger partial charge on any atom is -0.000959 e. The number of hydrogen-bond acceptors (Lipinski definition) is 1. The SMILES string of the molecule is CC.CN1CCC1. The summed E-state index contributed by atoms with van der Waals surface area (Å²) in [5.74, 6) is 0. The Balaban J connectivity index is 0.000000162. The second kappa shape index (κ2) is 4.13. The molecule has 44 valence electrons. The van der Waals surface area contributed by atoms with Crippen molar-refractivity contribution in [3.05, 3.63) is 0 Å². The van der Waals surface area contributed by atoms with Crippen LogP contribution in [0.15, 0.2) is 0 Å². The third kappa shape index (κ3) is 2.63. The summed E-state index contributed by atoms with van der Waals surface area (Å²) >= 11 is 0. The average molecular weight is 101 g/mol. The van der Waals surface area contributed by atoms with Crippen LogP contribution < -0.4 is 0 Å². The Labute approximate surface area is 46.3 Å². The zero-order valence-corrected chi connectivity index (χ0v) is 5.57. The molecule has 0 amide bonds. The highest BCUT2D eigenvalue weighted by Gasteiger charge is 2.04. The van der Waals surface area contributed by atoms with Gasteiger partial charge >= 0.3 is 0 Å². The van der Waals surface area contributed by atoms with E-state index < -0.39 is 0 Å². The molecule has 1 heterocycles. The fourth-order valence-electron chi connectivity index (χ4n) is 0.474. The summed E-state index contributed by atoms with van der Waals surface area (Å²) in [4.78, 5) is 2.31. The van der Waals surface area contributed by atoms with Crippen LogP contribution in [0.2, 0.25) is 0 Å². The molecule has 0 atom stereocenters. The number of nitrogens with zero attached hydrogens (tertiary/aromatic N) is 1. The Morgan fingerprint density at radius 3 is 1.43 bits per heavy atom. The second-order valence-electron chi connectivity index (χ2n) is 1.66. The van der Waals surface area contributed by atoms with Crippen molar-refractivity contribution in [2.45, 2.75) is 20.3 Å². The summed E-state index contributed by atoms with van der Waals surface area (Å²) in [6.45, 7) is 6.64. The van der Waals surface area contributed by atoms with Crippen LogP contribution in [0.25, 0.3) is 0 Å². The highest BCUT2D eigenvalue weighted by molar-refractivity contribution is 4.61. The summed E-state index contributed by atoms with van der Waals surface area (Å²) < 4.78 is 0. The first-order chi connectivity index (χ1) is 3.39. The van der Waals surface area contributed by atoms with Gasteiger partial charge in [0.2, 0.25) is 0 Å². The lowest BCUT2D eigenvalue weighted by Gasteiger charge is -2.24. The fraction of sp³-hybridized carbons (Fsp3) is 1.00. The van der Waals surface area contributed by atoms with Gasteiger partial charge in [-0.05, 0) is 26.6 Å². The minimum absolute atomic E-state index is 1.32. The Morgan fingerprint density at radius 2 is 1.43 bits per heavy atom. The molecular weight excluding hydrogens is 86.1 g/mol. The predicted molar refractivity (Wildman–Crippen MR) is 33.5 cm³/mol. The van der Waals surface area contributed by atoms with Crippen LogP contribution in [0.4, 0.5) is 0 Å². The third-order valence-corrected chi connectivity index (χ3v) is 1.08. The second-order valence-corrected chi connectivity index (χ2v) is 1.66. The molecule has 0 aliphatic carbocycles. The minimum Gasteiger partial charge on any atom is -0.306 e. The van der Waals surface area contributed by atoms with E-state index in [9.17, 15) is 0 Å². The van der Waals surface area contributed by atoms with Crippen molar-refractivity contribution < 1.29 is 0 Å². The summed E-state index contributed by atoms with van der Waals surface area (Å²) in [6, 6.07) is 0. The lowest BCUT2D eigenvalue weighted by atomic mass is 10.3. The summed E-state index contributed by atoms with van der Waals surface area (Å²) in [5, 5.41) is 0. The first-order valence-electron chi connectivity index (χ1n) is 3.08. The van der Waals surface area contributed by atoms with E-state index in [1.807, 2.05) is 13.8 Å². The number of hydrogen-bond donors (Lipinski definition) is 0. The normalized spacial score (nSPS) is 19.3. The average Bonchev–Trinajstić information content (AvgIpc) is 1.68. The van der Waals surface area contributed by atoms with E-state index in [0.717, 1.165) is 0 Å². The smallest absolute Gasteiger partial charge is 0.000959 e. The van der Waals surface area contributed by atoms with Crippen molar-refractivity contribution in [3.8, 4) is 0 Å². The lowest BCUT2D eigenvalue weighted by Crippen LogP contribution is -2.32. The topological polar surface area (TPSA) is 3.24 Å². The molecule has 1 heteroatoms. The fourth-order valence-corrected chi connectivity index (χ4v) is 0.474. The largest absolute Gasteiger partial charge is 0.306 e. The summed E-state index contributed by atoms with van der Waals surface area (Å²) in [6.07, 6.45) is 1.41. The van der Waals surface area contributed by atoms with Crippen molar-refractivity contribution in [2.75, 3.05) is 20.1 Å². The van der Waals surface area contributed by atoms with Gasteiger partial charge in [-0.15, -0.1) is 0 Å². The van der Waals surface area contributed by atoms with E-state index in [1.165, 1.54) is 19.5 Å². The quantitative estimate of drug-likeness (QED) is 0.445. The van der Waals surface area contributed by atoms with E-state index >= 15 is 0 Å². The van der Waals surface area contributed by atoms with E-state index in [1.54, 1.807) is 0 Å². The molecule has 0 unspecified atom stereocenters. The van der Waals surface area contributed by atoms with Crippen LogP contribution in [0.5, 0.6) is 0 Å². The Bertz CT molecular complexity index is 31.2. The molecule has 0 aromatic carbocycles. The summed E-state index contributed by atoms with van der Waals surface area (Å²) in [5.41, 5.74) is 0. The Kier molecular flexibility index (Phi) is 4.10. The molecule has 1 aliphatic rings. The van der Waals surface area contributed by atoms with Gasteiger partial charge in [0.25, 0.3) is 0 Å². The van der Waals surface area contributed by atoms with Gasteiger partial charge in [0.05, 0.1) is 0 Å². The zero-order valence-electron chi connectivity index (χ0n) is 5.57. The molecule has 1 aliphatic heterocycles. The molecule has 0 aromatic rings. The molecule has 0 N–H and O–H groups in total. The maximum absolute atomic E-state index is 2.31. The van der Waals surface area contributed by atoms with Crippen LogP contribution in [0.1, 0.15) is 20.3 Å². The molecule has 0 saturated carbocycles. The molecule has 0 spiro atoms. The predicted octanol–water partition coefficient (Wildman–Crippen LogP) is 1.35. The molecule has 1 nitrogen and oxygen atoms in total. The van der Waals surface area contributed by atoms with Crippen LogP contribution in [-0.2, 0) is 0 Å².